The Hall–Kier alpha value is -3.53. The molecule has 1 atom stereocenters. The van der Waals surface area contributed by atoms with E-state index in [1.165, 1.54) is 17.0 Å². The third-order valence-electron chi connectivity index (χ3n) is 4.89. The zero-order valence-corrected chi connectivity index (χ0v) is 16.6. The number of anilines is 3. The van der Waals surface area contributed by atoms with Crippen molar-refractivity contribution in [1.29, 1.82) is 0 Å². The van der Waals surface area contributed by atoms with E-state index in [1.54, 1.807) is 43.0 Å². The van der Waals surface area contributed by atoms with Crippen LogP contribution in [0.2, 0.25) is 0 Å². The molecule has 3 aromatic rings. The molecule has 31 heavy (non-hydrogen) atoms. The van der Waals surface area contributed by atoms with E-state index in [2.05, 4.69) is 10.4 Å². The van der Waals surface area contributed by atoms with Crippen LogP contribution in [0.4, 0.5) is 35.0 Å². The van der Waals surface area contributed by atoms with Gasteiger partial charge in [-0.15, -0.1) is 0 Å². The maximum absolute atomic E-state index is 13.0. The minimum Gasteiger partial charge on any atom is -0.450 e. The van der Waals surface area contributed by atoms with Crippen molar-refractivity contribution in [1.82, 2.24) is 9.78 Å². The average molecular weight is 432 g/mol. The van der Waals surface area contributed by atoms with Crippen LogP contribution < -0.4 is 10.2 Å². The van der Waals surface area contributed by atoms with E-state index in [9.17, 15) is 23.1 Å². The Morgan fingerprint density at radius 2 is 1.94 bits per heavy atom. The molecule has 0 saturated heterocycles. The molecular weight excluding hydrogens is 413 g/mol. The molecule has 0 bridgehead atoms. The summed E-state index contributed by atoms with van der Waals surface area (Å²) in [5.41, 5.74) is 2.20. The number of hydrogen-bond acceptors (Lipinski definition) is 5. The maximum atomic E-state index is 13.0. The van der Waals surface area contributed by atoms with Gasteiger partial charge in [0.15, 0.2) is 6.23 Å². The fraction of sp³-hybridized carbons (Fsp3) is 0.238. The Morgan fingerprint density at radius 1 is 1.23 bits per heavy atom. The molecule has 2 heterocycles. The van der Waals surface area contributed by atoms with Gasteiger partial charge in [-0.3, -0.25) is 10.00 Å². The summed E-state index contributed by atoms with van der Waals surface area (Å²) >= 11 is 0. The van der Waals surface area contributed by atoms with Gasteiger partial charge >= 0.3 is 12.3 Å². The van der Waals surface area contributed by atoms with Crippen LogP contribution >= 0.6 is 0 Å². The standard InChI is InChI=1S/C21H19F3N4O3/c1-3-31-20(30)25-13-6-9-17-15(10-13)18-16(11-27(2)26-18)19(29)28(17)14-7-4-12(5-8-14)21(22,23)24/h4-11,19,29H,3H2,1-2H3,(H,25,30). The molecule has 0 radical (unpaired) electrons. The summed E-state index contributed by atoms with van der Waals surface area (Å²) < 4.78 is 45.3. The number of aliphatic hydroxyl groups excluding tert-OH is 1. The Morgan fingerprint density at radius 3 is 2.58 bits per heavy atom. The SMILES string of the molecule is CCOC(=O)Nc1ccc2c(c1)-c1nn(C)cc1C(O)N2c1ccc(C(F)(F)F)cc1. The molecule has 1 amide bonds. The monoisotopic (exact) mass is 432 g/mol. The Bertz CT molecular complexity index is 1130. The van der Waals surface area contributed by atoms with Crippen LogP contribution in [0, 0.1) is 0 Å². The molecule has 0 spiro atoms. The van der Waals surface area contributed by atoms with Gasteiger partial charge in [-0.25, -0.2) is 4.79 Å². The number of nitrogens with zero attached hydrogens (tertiary/aromatic N) is 3. The van der Waals surface area contributed by atoms with E-state index >= 15 is 0 Å². The van der Waals surface area contributed by atoms with Gasteiger partial charge in [0.2, 0.25) is 0 Å². The first-order valence-electron chi connectivity index (χ1n) is 9.45. The Kier molecular flexibility index (Phi) is 5.10. The molecule has 4 rings (SSSR count). The van der Waals surface area contributed by atoms with Crippen molar-refractivity contribution in [3.63, 3.8) is 0 Å². The van der Waals surface area contributed by atoms with Crippen LogP contribution in [0.5, 0.6) is 0 Å². The number of nitrogens with one attached hydrogen (secondary N) is 1. The van der Waals surface area contributed by atoms with Gasteiger partial charge < -0.3 is 14.7 Å². The van der Waals surface area contributed by atoms with Gasteiger partial charge in [0.05, 0.1) is 17.9 Å². The van der Waals surface area contributed by atoms with E-state index < -0.39 is 24.1 Å². The van der Waals surface area contributed by atoms with Crippen molar-refractivity contribution in [3.05, 3.63) is 59.8 Å². The number of alkyl halides is 3. The molecule has 1 aliphatic heterocycles. The topological polar surface area (TPSA) is 79.6 Å². The number of fused-ring (bicyclic) bond motifs is 3. The highest BCUT2D eigenvalue weighted by molar-refractivity contribution is 5.91. The summed E-state index contributed by atoms with van der Waals surface area (Å²) in [5, 5.41) is 18.0. The van der Waals surface area contributed by atoms with Crippen LogP contribution in [0.3, 0.4) is 0 Å². The number of aromatic nitrogens is 2. The predicted molar refractivity (Wildman–Crippen MR) is 108 cm³/mol. The molecule has 7 nitrogen and oxygen atoms in total. The summed E-state index contributed by atoms with van der Waals surface area (Å²) in [6.45, 7) is 1.91. The van der Waals surface area contributed by atoms with Crippen LogP contribution in [-0.4, -0.2) is 27.6 Å². The molecule has 1 unspecified atom stereocenters. The number of rotatable bonds is 3. The van der Waals surface area contributed by atoms with Gasteiger partial charge in [0, 0.05) is 35.7 Å². The summed E-state index contributed by atoms with van der Waals surface area (Å²) in [6.07, 6.45) is -4.58. The first kappa shape index (κ1) is 20.7. The van der Waals surface area contributed by atoms with Crippen molar-refractivity contribution in [3.8, 4) is 11.3 Å². The second kappa shape index (κ2) is 7.62. The number of carbonyl (C=O) groups excluding carboxylic acids is 1. The lowest BCUT2D eigenvalue weighted by Crippen LogP contribution is -2.27. The minimum atomic E-state index is -4.46. The van der Waals surface area contributed by atoms with Crippen molar-refractivity contribution < 1.29 is 27.8 Å². The summed E-state index contributed by atoms with van der Waals surface area (Å²) in [5.74, 6) is 0. The first-order chi connectivity index (χ1) is 14.7. The minimum absolute atomic E-state index is 0.217. The van der Waals surface area contributed by atoms with Gasteiger partial charge in [-0.1, -0.05) is 0 Å². The lowest BCUT2D eigenvalue weighted by molar-refractivity contribution is -0.137. The summed E-state index contributed by atoms with van der Waals surface area (Å²) in [6, 6.07) is 9.52. The number of hydrogen-bond donors (Lipinski definition) is 2. The molecule has 1 aliphatic rings. The van der Waals surface area contributed by atoms with Crippen molar-refractivity contribution in [2.24, 2.45) is 7.05 Å². The number of halogens is 3. The first-order valence-corrected chi connectivity index (χ1v) is 9.45. The Balaban J connectivity index is 1.79. The second-order valence-electron chi connectivity index (χ2n) is 6.97. The van der Waals surface area contributed by atoms with E-state index in [1.807, 2.05) is 0 Å². The van der Waals surface area contributed by atoms with Gasteiger partial charge in [-0.2, -0.15) is 18.3 Å². The fourth-order valence-corrected chi connectivity index (χ4v) is 3.57. The molecule has 162 valence electrons. The van der Waals surface area contributed by atoms with Crippen molar-refractivity contribution in [2.75, 3.05) is 16.8 Å². The molecule has 10 heteroatoms. The molecule has 0 aliphatic carbocycles. The molecule has 1 aromatic heterocycles. The fourth-order valence-electron chi connectivity index (χ4n) is 3.57. The zero-order chi connectivity index (χ0) is 22.3. The van der Waals surface area contributed by atoms with E-state index in [0.717, 1.165) is 12.1 Å². The van der Waals surface area contributed by atoms with E-state index in [0.29, 0.717) is 33.9 Å². The van der Waals surface area contributed by atoms with Crippen LogP contribution in [0.25, 0.3) is 11.3 Å². The van der Waals surface area contributed by atoms with Gasteiger partial charge in [0.1, 0.15) is 5.69 Å². The van der Waals surface area contributed by atoms with Gasteiger partial charge in [-0.05, 0) is 49.4 Å². The van der Waals surface area contributed by atoms with Crippen molar-refractivity contribution in [2.45, 2.75) is 19.3 Å². The number of aliphatic hydroxyl groups is 1. The van der Waals surface area contributed by atoms with Crippen LogP contribution in [0.15, 0.2) is 48.7 Å². The third-order valence-corrected chi connectivity index (χ3v) is 4.89. The highest BCUT2D eigenvalue weighted by Crippen LogP contribution is 2.47. The second-order valence-corrected chi connectivity index (χ2v) is 6.97. The zero-order valence-electron chi connectivity index (χ0n) is 16.6. The van der Waals surface area contributed by atoms with Crippen LogP contribution in [0.1, 0.15) is 24.3 Å². The van der Waals surface area contributed by atoms with E-state index in [4.69, 9.17) is 4.74 Å². The third kappa shape index (κ3) is 3.81. The normalized spacial score (nSPS) is 15.3. The average Bonchev–Trinajstić information content (AvgIpc) is 3.11. The number of aryl methyl sites for hydroxylation is 1. The summed E-state index contributed by atoms with van der Waals surface area (Å²) in [4.78, 5) is 13.3. The quantitative estimate of drug-likeness (QED) is 0.621. The van der Waals surface area contributed by atoms with E-state index in [-0.39, 0.29) is 6.61 Å². The number of carbonyl (C=O) groups is 1. The maximum Gasteiger partial charge on any atom is 0.416 e. The number of amides is 1. The largest absolute Gasteiger partial charge is 0.450 e. The predicted octanol–water partition coefficient (Wildman–Crippen LogP) is 4.82. The van der Waals surface area contributed by atoms with Gasteiger partial charge in [0.25, 0.3) is 0 Å². The lowest BCUT2D eigenvalue weighted by atomic mass is 9.97. The number of benzene rings is 2. The number of ether oxygens (including phenoxy) is 1. The smallest absolute Gasteiger partial charge is 0.416 e. The highest BCUT2D eigenvalue weighted by atomic mass is 19.4. The molecular formula is C21H19F3N4O3. The van der Waals surface area contributed by atoms with Crippen LogP contribution in [-0.2, 0) is 18.0 Å². The molecule has 2 aromatic carbocycles. The summed E-state index contributed by atoms with van der Waals surface area (Å²) in [7, 11) is 1.70. The lowest BCUT2D eigenvalue weighted by Gasteiger charge is -2.35. The molecule has 0 fully saturated rings. The Labute approximate surface area is 175 Å². The molecule has 2 N–H and O–H groups in total. The molecule has 0 saturated carbocycles. The van der Waals surface area contributed by atoms with Crippen molar-refractivity contribution >= 4 is 23.2 Å². The highest BCUT2D eigenvalue weighted by Gasteiger charge is 2.35.